The number of rotatable bonds is 7. The predicted molar refractivity (Wildman–Crippen MR) is 272 cm³/mol. The number of hydrogen-bond donors (Lipinski definition) is 0. The molecule has 0 amide bonds. The van der Waals surface area contributed by atoms with Crippen LogP contribution in [0, 0.1) is 22.7 Å². The van der Waals surface area contributed by atoms with Gasteiger partial charge in [0, 0.05) is 67.3 Å². The zero-order chi connectivity index (χ0) is 47.5. The number of benzene rings is 8. The maximum atomic E-state index is 15.3. The topological polar surface area (TPSA) is 83.2 Å². The summed E-state index contributed by atoms with van der Waals surface area (Å²) in [6, 6.07) is 67.2. The Morgan fingerprint density at radius 2 is 0.929 bits per heavy atom. The first-order chi connectivity index (χ1) is 34.3. The van der Waals surface area contributed by atoms with Gasteiger partial charge in [-0.2, -0.15) is 23.7 Å². The molecular formula is C61H35F3N6. The van der Waals surface area contributed by atoms with Crippen molar-refractivity contribution >= 4 is 43.6 Å². The Kier molecular flexibility index (Phi) is 9.94. The van der Waals surface area contributed by atoms with Crippen LogP contribution in [0.1, 0.15) is 16.7 Å². The maximum absolute atomic E-state index is 15.3. The van der Waals surface area contributed by atoms with Crippen molar-refractivity contribution < 1.29 is 13.2 Å². The third-order valence-corrected chi connectivity index (χ3v) is 13.2. The molecule has 0 fully saturated rings. The van der Waals surface area contributed by atoms with E-state index in [1.54, 1.807) is 24.5 Å². The van der Waals surface area contributed by atoms with Gasteiger partial charge in [-0.05, 0) is 77.9 Å². The van der Waals surface area contributed by atoms with Gasteiger partial charge in [0.1, 0.15) is 11.6 Å². The van der Waals surface area contributed by atoms with Gasteiger partial charge >= 0.3 is 6.18 Å². The number of nitriles is 2. The minimum Gasteiger partial charge on any atom is -0.308 e. The first kappa shape index (κ1) is 41.8. The SMILES string of the molecule is N#Cc1cccc(C(F)(F)F)c1-c1ccc(-n2c3ccccc3c3cc(-c4cccnc4-c4ccccc4)ccc32)c(C#N)c1-n1c2ccccc2c2cc(-c3cccnc3-c3ccccc3)ccc21. The second-order valence-electron chi connectivity index (χ2n) is 17.0. The average molecular weight is 909 g/mol. The standard InChI is InChI=1S/C61H35F3N6/c62-61(63,64)51-23-11-18-42(36-65)57(51)47-28-31-56(69-52-24-9-7-19-45(52)48-34-40(26-29-54(48)69)43-21-12-32-67-58(43)38-14-3-1-4-15-38)50(37-66)60(47)70-53-25-10-8-20-46(53)49-35-41(27-30-55(49)70)44-22-13-33-68-59(44)39-16-5-2-6-17-39/h1-35H. The van der Waals surface area contributed by atoms with Crippen LogP contribution in [0.5, 0.6) is 0 Å². The van der Waals surface area contributed by atoms with Crippen molar-refractivity contribution in [3.05, 3.63) is 229 Å². The van der Waals surface area contributed by atoms with E-state index in [2.05, 4.69) is 30.3 Å². The van der Waals surface area contributed by atoms with Crippen molar-refractivity contribution in [2.75, 3.05) is 0 Å². The Hall–Kier alpha value is -9.57. The van der Waals surface area contributed by atoms with Crippen LogP contribution in [0.4, 0.5) is 13.2 Å². The summed E-state index contributed by atoms with van der Waals surface area (Å²) < 4.78 is 49.8. The van der Waals surface area contributed by atoms with E-state index in [1.165, 1.54) is 12.1 Å². The van der Waals surface area contributed by atoms with Crippen molar-refractivity contribution in [2.24, 2.45) is 0 Å². The molecule has 0 saturated carbocycles. The molecule has 0 radical (unpaired) electrons. The Morgan fingerprint density at radius 3 is 1.47 bits per heavy atom. The molecule has 12 aromatic rings. The molecule has 0 bridgehead atoms. The van der Waals surface area contributed by atoms with E-state index in [1.807, 2.05) is 161 Å². The van der Waals surface area contributed by atoms with Crippen LogP contribution in [0.25, 0.3) is 111 Å². The Morgan fingerprint density at radius 1 is 0.414 bits per heavy atom. The van der Waals surface area contributed by atoms with E-state index in [0.717, 1.165) is 83.4 Å². The Balaban J connectivity index is 1.16. The minimum atomic E-state index is -4.83. The lowest BCUT2D eigenvalue weighted by atomic mass is 9.90. The molecule has 12 rings (SSSR count). The van der Waals surface area contributed by atoms with Gasteiger partial charge in [-0.3, -0.25) is 9.97 Å². The highest BCUT2D eigenvalue weighted by Gasteiger charge is 2.37. The summed E-state index contributed by atoms with van der Waals surface area (Å²) in [7, 11) is 0. The molecule has 0 atom stereocenters. The van der Waals surface area contributed by atoms with E-state index in [4.69, 9.17) is 9.97 Å². The van der Waals surface area contributed by atoms with Crippen molar-refractivity contribution in [1.29, 1.82) is 10.5 Å². The number of fused-ring (bicyclic) bond motifs is 6. The van der Waals surface area contributed by atoms with Crippen LogP contribution < -0.4 is 0 Å². The monoisotopic (exact) mass is 908 g/mol. The second kappa shape index (κ2) is 16.6. The van der Waals surface area contributed by atoms with Crippen LogP contribution in [0.3, 0.4) is 0 Å². The lowest BCUT2D eigenvalue weighted by Gasteiger charge is -2.22. The Labute approximate surface area is 399 Å². The van der Waals surface area contributed by atoms with E-state index >= 15 is 13.2 Å². The molecule has 8 aromatic carbocycles. The summed E-state index contributed by atoms with van der Waals surface area (Å²) in [5.41, 5.74) is 9.58. The molecule has 0 N–H and O–H groups in total. The maximum Gasteiger partial charge on any atom is 0.417 e. The number of hydrogen-bond acceptors (Lipinski definition) is 4. The first-order valence-corrected chi connectivity index (χ1v) is 22.6. The van der Waals surface area contributed by atoms with Crippen LogP contribution in [0.2, 0.25) is 0 Å². The Bertz CT molecular complexity index is 4140. The largest absolute Gasteiger partial charge is 0.417 e. The number of para-hydroxylation sites is 2. The molecule has 330 valence electrons. The number of halogens is 3. The fraction of sp³-hybridized carbons (Fsp3) is 0.0164. The van der Waals surface area contributed by atoms with Gasteiger partial charge in [0.05, 0.1) is 62.0 Å². The van der Waals surface area contributed by atoms with Crippen molar-refractivity contribution in [3.8, 4) is 79.4 Å². The molecule has 70 heavy (non-hydrogen) atoms. The molecule has 0 aliphatic heterocycles. The smallest absolute Gasteiger partial charge is 0.308 e. The van der Waals surface area contributed by atoms with Gasteiger partial charge in [0.2, 0.25) is 0 Å². The lowest BCUT2D eigenvalue weighted by Crippen LogP contribution is -2.11. The van der Waals surface area contributed by atoms with Crippen molar-refractivity contribution in [2.45, 2.75) is 6.18 Å². The third kappa shape index (κ3) is 6.71. The van der Waals surface area contributed by atoms with Gasteiger partial charge < -0.3 is 9.13 Å². The summed E-state index contributed by atoms with van der Waals surface area (Å²) in [5, 5.41) is 25.7. The van der Waals surface area contributed by atoms with Gasteiger partial charge in [-0.1, -0.05) is 133 Å². The molecule has 6 nitrogen and oxygen atoms in total. The molecule has 0 saturated heterocycles. The van der Waals surface area contributed by atoms with E-state index < -0.39 is 11.7 Å². The number of nitrogens with zero attached hydrogens (tertiary/aromatic N) is 6. The normalized spacial score (nSPS) is 11.6. The molecular weight excluding hydrogens is 874 g/mol. The average Bonchev–Trinajstić information content (AvgIpc) is 3.92. The van der Waals surface area contributed by atoms with Crippen LogP contribution >= 0.6 is 0 Å². The van der Waals surface area contributed by atoms with Crippen LogP contribution in [-0.2, 0) is 6.18 Å². The van der Waals surface area contributed by atoms with Crippen LogP contribution in [-0.4, -0.2) is 19.1 Å². The van der Waals surface area contributed by atoms with E-state index in [-0.39, 0.29) is 27.9 Å². The fourth-order valence-corrected chi connectivity index (χ4v) is 10.2. The van der Waals surface area contributed by atoms with Crippen LogP contribution in [0.15, 0.2) is 213 Å². The minimum absolute atomic E-state index is 0.0863. The molecule has 0 unspecified atom stereocenters. The van der Waals surface area contributed by atoms with Crippen molar-refractivity contribution in [1.82, 2.24) is 19.1 Å². The van der Waals surface area contributed by atoms with Gasteiger partial charge in [-0.25, -0.2) is 0 Å². The highest BCUT2D eigenvalue weighted by atomic mass is 19.4. The third-order valence-electron chi connectivity index (χ3n) is 13.2. The first-order valence-electron chi connectivity index (χ1n) is 22.6. The zero-order valence-corrected chi connectivity index (χ0v) is 37.0. The fourth-order valence-electron chi connectivity index (χ4n) is 10.2. The predicted octanol–water partition coefficient (Wildman–Crippen LogP) is 15.8. The number of pyridine rings is 2. The highest BCUT2D eigenvalue weighted by Crippen LogP contribution is 2.47. The van der Waals surface area contributed by atoms with Gasteiger partial charge in [0.15, 0.2) is 0 Å². The van der Waals surface area contributed by atoms with E-state index in [9.17, 15) is 10.5 Å². The molecule has 0 aliphatic rings. The van der Waals surface area contributed by atoms with Gasteiger partial charge in [-0.15, -0.1) is 0 Å². The molecule has 4 heterocycles. The lowest BCUT2D eigenvalue weighted by molar-refractivity contribution is -0.137. The summed E-state index contributed by atoms with van der Waals surface area (Å²) in [5.74, 6) is 0. The summed E-state index contributed by atoms with van der Waals surface area (Å²) in [4.78, 5) is 9.57. The highest BCUT2D eigenvalue weighted by molar-refractivity contribution is 6.13. The second-order valence-corrected chi connectivity index (χ2v) is 17.0. The zero-order valence-electron chi connectivity index (χ0n) is 37.0. The molecule has 4 aromatic heterocycles. The van der Waals surface area contributed by atoms with Crippen molar-refractivity contribution in [3.63, 3.8) is 0 Å². The molecule has 9 heteroatoms. The summed E-state index contributed by atoms with van der Waals surface area (Å²) in [6.07, 6.45) is -1.28. The van der Waals surface area contributed by atoms with E-state index in [0.29, 0.717) is 16.7 Å². The molecule has 0 spiro atoms. The number of alkyl halides is 3. The summed E-state index contributed by atoms with van der Waals surface area (Å²) >= 11 is 0. The number of aromatic nitrogens is 4. The summed E-state index contributed by atoms with van der Waals surface area (Å²) in [6.45, 7) is 0. The quantitative estimate of drug-likeness (QED) is 0.159. The van der Waals surface area contributed by atoms with Gasteiger partial charge in [0.25, 0.3) is 0 Å². The molecule has 0 aliphatic carbocycles.